The molecular formula is C21H25N5O3. The molecule has 1 heterocycles. The Kier molecular flexibility index (Phi) is 6.13. The number of likely N-dealkylation sites (N-methyl/N-ethyl adjacent to an activating group) is 1. The molecule has 0 aliphatic carbocycles. The summed E-state index contributed by atoms with van der Waals surface area (Å²) in [6.07, 6.45) is 0.821. The van der Waals surface area contributed by atoms with E-state index in [0.29, 0.717) is 16.7 Å². The van der Waals surface area contributed by atoms with Gasteiger partial charge in [-0.05, 0) is 50.2 Å². The predicted molar refractivity (Wildman–Crippen MR) is 114 cm³/mol. The number of aromatic amines is 2. The molecule has 0 aliphatic heterocycles. The first-order valence-corrected chi connectivity index (χ1v) is 9.48. The molecule has 0 saturated carbocycles. The number of anilines is 2. The molecule has 0 spiro atoms. The van der Waals surface area contributed by atoms with Crippen molar-refractivity contribution in [3.8, 4) is 0 Å². The second kappa shape index (κ2) is 8.74. The van der Waals surface area contributed by atoms with Crippen LogP contribution in [0.15, 0.2) is 47.3 Å². The Bertz CT molecular complexity index is 1090. The highest BCUT2D eigenvalue weighted by Gasteiger charge is 2.20. The number of H-pyrrole nitrogens is 2. The van der Waals surface area contributed by atoms with Crippen molar-refractivity contribution in [2.24, 2.45) is 0 Å². The van der Waals surface area contributed by atoms with Crippen LogP contribution in [0.4, 0.5) is 11.4 Å². The van der Waals surface area contributed by atoms with Gasteiger partial charge in [0.15, 0.2) is 0 Å². The summed E-state index contributed by atoms with van der Waals surface area (Å²) in [4.78, 5) is 43.3. The minimum atomic E-state index is -0.525. The molecule has 0 bridgehead atoms. The molecule has 2 amide bonds. The Hall–Kier alpha value is -3.39. The smallest absolute Gasteiger partial charge is 0.323 e. The SMILES string of the molecule is CCc1ccccc1NC(=O)CN(C)C(C)C(=O)Nc1ccc2[nH]c(=O)[nH]c2c1. The lowest BCUT2D eigenvalue weighted by Gasteiger charge is -2.23. The van der Waals surface area contributed by atoms with Gasteiger partial charge in [0.2, 0.25) is 11.8 Å². The van der Waals surface area contributed by atoms with Crippen LogP contribution >= 0.6 is 0 Å². The van der Waals surface area contributed by atoms with E-state index in [1.165, 1.54) is 0 Å². The molecule has 1 aromatic heterocycles. The average Bonchev–Trinajstić information content (AvgIpc) is 3.06. The number of carbonyl (C=O) groups excluding carboxylic acids is 2. The van der Waals surface area contributed by atoms with Crippen LogP contribution in [-0.4, -0.2) is 46.3 Å². The highest BCUT2D eigenvalue weighted by Crippen LogP contribution is 2.16. The quantitative estimate of drug-likeness (QED) is 0.492. The summed E-state index contributed by atoms with van der Waals surface area (Å²) >= 11 is 0. The van der Waals surface area contributed by atoms with Gasteiger partial charge in [0.1, 0.15) is 0 Å². The van der Waals surface area contributed by atoms with Crippen LogP contribution in [0.1, 0.15) is 19.4 Å². The predicted octanol–water partition coefficient (Wildman–Crippen LogP) is 2.32. The average molecular weight is 395 g/mol. The van der Waals surface area contributed by atoms with Crippen molar-refractivity contribution in [1.82, 2.24) is 14.9 Å². The van der Waals surface area contributed by atoms with Crippen LogP contribution in [-0.2, 0) is 16.0 Å². The summed E-state index contributed by atoms with van der Waals surface area (Å²) < 4.78 is 0. The first-order valence-electron chi connectivity index (χ1n) is 9.48. The Labute approximate surface area is 168 Å². The third kappa shape index (κ3) is 4.91. The second-order valence-corrected chi connectivity index (χ2v) is 6.98. The molecule has 0 fully saturated rings. The summed E-state index contributed by atoms with van der Waals surface area (Å²) in [6.45, 7) is 3.85. The summed E-state index contributed by atoms with van der Waals surface area (Å²) in [5.74, 6) is -0.425. The third-order valence-electron chi connectivity index (χ3n) is 4.89. The van der Waals surface area contributed by atoms with Crippen LogP contribution in [0, 0.1) is 0 Å². The molecule has 1 atom stereocenters. The van der Waals surface area contributed by atoms with E-state index in [9.17, 15) is 14.4 Å². The zero-order chi connectivity index (χ0) is 21.0. The lowest BCUT2D eigenvalue weighted by Crippen LogP contribution is -2.43. The molecule has 2 aromatic carbocycles. The highest BCUT2D eigenvalue weighted by atomic mass is 16.2. The number of aromatic nitrogens is 2. The molecule has 4 N–H and O–H groups in total. The van der Waals surface area contributed by atoms with Crippen molar-refractivity contribution in [3.63, 3.8) is 0 Å². The largest absolute Gasteiger partial charge is 0.325 e. The first-order chi connectivity index (χ1) is 13.9. The van der Waals surface area contributed by atoms with Gasteiger partial charge >= 0.3 is 5.69 Å². The van der Waals surface area contributed by atoms with Crippen molar-refractivity contribution < 1.29 is 9.59 Å². The summed E-state index contributed by atoms with van der Waals surface area (Å²) in [5.41, 5.74) is 3.41. The molecule has 1 unspecified atom stereocenters. The van der Waals surface area contributed by atoms with E-state index in [2.05, 4.69) is 20.6 Å². The number of para-hydroxylation sites is 1. The molecule has 3 rings (SSSR count). The number of hydrogen-bond donors (Lipinski definition) is 4. The van der Waals surface area contributed by atoms with E-state index in [-0.39, 0.29) is 24.0 Å². The van der Waals surface area contributed by atoms with Crippen LogP contribution in [0.25, 0.3) is 11.0 Å². The third-order valence-corrected chi connectivity index (χ3v) is 4.89. The van der Waals surface area contributed by atoms with Crippen LogP contribution in [0.2, 0.25) is 0 Å². The van der Waals surface area contributed by atoms with Crippen molar-refractivity contribution in [3.05, 3.63) is 58.5 Å². The van der Waals surface area contributed by atoms with Gasteiger partial charge in [0, 0.05) is 11.4 Å². The maximum Gasteiger partial charge on any atom is 0.323 e. The summed E-state index contributed by atoms with van der Waals surface area (Å²) in [7, 11) is 1.72. The maximum absolute atomic E-state index is 12.6. The molecule has 152 valence electrons. The van der Waals surface area contributed by atoms with Gasteiger partial charge in [-0.1, -0.05) is 25.1 Å². The molecule has 0 radical (unpaired) electrons. The normalized spacial score (nSPS) is 12.1. The van der Waals surface area contributed by atoms with Gasteiger partial charge in [-0.15, -0.1) is 0 Å². The number of aryl methyl sites for hydroxylation is 1. The van der Waals surface area contributed by atoms with Crippen molar-refractivity contribution in [2.75, 3.05) is 24.2 Å². The summed E-state index contributed by atoms with van der Waals surface area (Å²) in [5, 5.41) is 5.73. The standard InChI is InChI=1S/C21H25N5O3/c1-4-14-7-5-6-8-16(14)23-19(27)12-26(3)13(2)20(28)22-15-9-10-17-18(11-15)25-21(29)24-17/h5-11,13H,4,12H2,1-3H3,(H,22,28)(H,23,27)(H2,24,25,29). The van der Waals surface area contributed by atoms with Gasteiger partial charge in [-0.25, -0.2) is 4.79 Å². The number of nitrogens with one attached hydrogen (secondary N) is 4. The van der Waals surface area contributed by atoms with E-state index in [1.807, 2.05) is 31.2 Å². The number of carbonyl (C=O) groups is 2. The van der Waals surface area contributed by atoms with E-state index in [1.54, 1.807) is 37.1 Å². The number of fused-ring (bicyclic) bond motifs is 1. The number of nitrogens with zero attached hydrogens (tertiary/aromatic N) is 1. The van der Waals surface area contributed by atoms with Gasteiger partial charge in [0.25, 0.3) is 0 Å². The Morgan fingerprint density at radius 2 is 1.79 bits per heavy atom. The lowest BCUT2D eigenvalue weighted by molar-refractivity contribution is -0.122. The number of imidazole rings is 1. The minimum Gasteiger partial charge on any atom is -0.325 e. The summed E-state index contributed by atoms with van der Waals surface area (Å²) in [6, 6.07) is 12.3. The van der Waals surface area contributed by atoms with Crippen molar-refractivity contribution in [1.29, 1.82) is 0 Å². The number of rotatable bonds is 7. The zero-order valence-electron chi connectivity index (χ0n) is 16.7. The Morgan fingerprint density at radius 3 is 2.55 bits per heavy atom. The zero-order valence-corrected chi connectivity index (χ0v) is 16.7. The van der Waals surface area contributed by atoms with Crippen LogP contribution < -0.4 is 16.3 Å². The maximum atomic E-state index is 12.6. The number of hydrogen-bond acceptors (Lipinski definition) is 4. The highest BCUT2D eigenvalue weighted by molar-refractivity contribution is 5.97. The van der Waals surface area contributed by atoms with E-state index in [4.69, 9.17) is 0 Å². The molecule has 8 nitrogen and oxygen atoms in total. The fourth-order valence-electron chi connectivity index (χ4n) is 3.06. The van der Waals surface area contributed by atoms with Gasteiger partial charge in [-0.3, -0.25) is 14.5 Å². The first kappa shape index (κ1) is 20.3. The van der Waals surface area contributed by atoms with Crippen molar-refractivity contribution >= 4 is 34.2 Å². The van der Waals surface area contributed by atoms with E-state index >= 15 is 0 Å². The van der Waals surface area contributed by atoms with Crippen LogP contribution in [0.3, 0.4) is 0 Å². The van der Waals surface area contributed by atoms with Crippen LogP contribution in [0.5, 0.6) is 0 Å². The Morgan fingerprint density at radius 1 is 1.07 bits per heavy atom. The molecule has 0 aliphatic rings. The van der Waals surface area contributed by atoms with Gasteiger partial charge in [0.05, 0.1) is 23.6 Å². The fraction of sp³-hybridized carbons (Fsp3) is 0.286. The molecule has 8 heteroatoms. The lowest BCUT2D eigenvalue weighted by atomic mass is 10.1. The fourth-order valence-corrected chi connectivity index (χ4v) is 3.06. The number of amides is 2. The van der Waals surface area contributed by atoms with Gasteiger partial charge in [-0.2, -0.15) is 0 Å². The Balaban J connectivity index is 1.59. The van der Waals surface area contributed by atoms with E-state index < -0.39 is 6.04 Å². The molecule has 0 saturated heterocycles. The minimum absolute atomic E-state index is 0.0802. The van der Waals surface area contributed by atoms with E-state index in [0.717, 1.165) is 17.7 Å². The second-order valence-electron chi connectivity index (χ2n) is 6.98. The monoisotopic (exact) mass is 395 g/mol. The van der Waals surface area contributed by atoms with Gasteiger partial charge < -0.3 is 20.6 Å². The molecular weight excluding hydrogens is 370 g/mol. The van der Waals surface area contributed by atoms with Crippen molar-refractivity contribution in [2.45, 2.75) is 26.3 Å². The molecule has 29 heavy (non-hydrogen) atoms. The molecule has 3 aromatic rings. The number of benzene rings is 2. The topological polar surface area (TPSA) is 110 Å².